The first kappa shape index (κ1) is 41.7. The molecule has 0 N–H and O–H groups in total. The zero-order chi connectivity index (χ0) is 42.3. The van der Waals surface area contributed by atoms with Gasteiger partial charge in [0.2, 0.25) is 11.6 Å². The second-order valence-electron chi connectivity index (χ2n) is 11.2. The van der Waals surface area contributed by atoms with Crippen LogP contribution in [0.5, 0.6) is 0 Å². The molecule has 6 aromatic rings. The molecule has 0 radical (unpaired) electrons. The van der Waals surface area contributed by atoms with E-state index in [0.29, 0.717) is 11.1 Å². The molecule has 0 saturated carbocycles. The van der Waals surface area contributed by atoms with E-state index >= 15 is 0 Å². The standard InChI is InChI=1S/C22H4F10.C22H10F4/c23-13-11(14(24)18(28)21(31)17(13)27)7-5-9-1-2-10(4-3-9)6-8-12-15(25)19(29)22(32)20(30)16(12)26;23-19-17(13-11-15-7-3-1-4-8-15)20(24)22(26)18(21(19)25)14-12-16-9-5-2-6-10-16/h1-4H;1-10H. The second-order valence-corrected chi connectivity index (χ2v) is 11.2. The van der Waals surface area contributed by atoms with Gasteiger partial charge in [-0.1, -0.05) is 83.8 Å². The van der Waals surface area contributed by atoms with Crippen molar-refractivity contribution in [3.63, 3.8) is 0 Å². The van der Waals surface area contributed by atoms with E-state index in [1.165, 1.54) is 24.3 Å². The maximum atomic E-state index is 14.2. The predicted octanol–water partition coefficient (Wildman–Crippen LogP) is 10.9. The molecule has 0 heterocycles. The second kappa shape index (κ2) is 18.0. The monoisotopic (exact) mass is 808 g/mol. The molecule has 0 fully saturated rings. The highest BCUT2D eigenvalue weighted by Gasteiger charge is 2.26. The Morgan fingerprint density at radius 3 is 0.586 bits per heavy atom. The SMILES string of the molecule is Fc1c(F)c(C#Cc2ccccc2)c(F)c(F)c1C#Cc1ccccc1.Fc1c(F)c(F)c(C#Cc2ccc(C#Cc3c(F)c(F)c(F)c(F)c3F)cc2)c(F)c1F. The van der Waals surface area contributed by atoms with Gasteiger partial charge in [-0.25, -0.2) is 61.5 Å². The fraction of sp³-hybridized carbons (Fsp3) is 0. The third-order valence-electron chi connectivity index (χ3n) is 7.44. The van der Waals surface area contributed by atoms with Gasteiger partial charge in [0.25, 0.3) is 0 Å². The van der Waals surface area contributed by atoms with Crippen LogP contribution in [-0.2, 0) is 0 Å². The normalized spacial score (nSPS) is 10.0. The average Bonchev–Trinajstić information content (AvgIpc) is 3.24. The summed E-state index contributed by atoms with van der Waals surface area (Å²) in [5.41, 5.74) is -3.66. The van der Waals surface area contributed by atoms with Crippen molar-refractivity contribution in [3.05, 3.63) is 211 Å². The summed E-state index contributed by atoms with van der Waals surface area (Å²) in [6, 6.07) is 21.3. The summed E-state index contributed by atoms with van der Waals surface area (Å²) in [6.45, 7) is 0. The fourth-order valence-electron chi connectivity index (χ4n) is 4.50. The number of rotatable bonds is 0. The molecule has 0 aliphatic carbocycles. The molecule has 0 saturated heterocycles. The Bertz CT molecular complexity index is 2540. The van der Waals surface area contributed by atoms with Gasteiger partial charge in [-0.2, -0.15) is 0 Å². The maximum absolute atomic E-state index is 14.2. The van der Waals surface area contributed by atoms with E-state index in [4.69, 9.17) is 0 Å². The Morgan fingerprint density at radius 2 is 0.362 bits per heavy atom. The molecule has 0 aliphatic heterocycles. The van der Waals surface area contributed by atoms with Crippen LogP contribution in [0.1, 0.15) is 44.5 Å². The molecule has 0 aliphatic rings. The van der Waals surface area contributed by atoms with Crippen molar-refractivity contribution >= 4 is 0 Å². The van der Waals surface area contributed by atoms with Crippen LogP contribution in [0.25, 0.3) is 0 Å². The summed E-state index contributed by atoms with van der Waals surface area (Å²) in [6.07, 6.45) is 0. The van der Waals surface area contributed by atoms with Gasteiger partial charge < -0.3 is 0 Å². The minimum absolute atomic E-state index is 0.0238. The van der Waals surface area contributed by atoms with Crippen molar-refractivity contribution in [1.29, 1.82) is 0 Å². The highest BCUT2D eigenvalue weighted by Crippen LogP contribution is 2.25. The lowest BCUT2D eigenvalue weighted by molar-refractivity contribution is 0.376. The molecule has 0 bridgehead atoms. The smallest absolute Gasteiger partial charge is 0.200 e. The highest BCUT2D eigenvalue weighted by molar-refractivity contribution is 5.52. The van der Waals surface area contributed by atoms with Crippen LogP contribution in [-0.4, -0.2) is 0 Å². The third kappa shape index (κ3) is 8.99. The summed E-state index contributed by atoms with van der Waals surface area (Å²) >= 11 is 0. The summed E-state index contributed by atoms with van der Waals surface area (Å²) < 4.78 is 190. The minimum Gasteiger partial charge on any atom is -0.202 e. The molecule has 58 heavy (non-hydrogen) atoms. The highest BCUT2D eigenvalue weighted by atomic mass is 19.2. The summed E-state index contributed by atoms with van der Waals surface area (Å²) in [7, 11) is 0. The van der Waals surface area contributed by atoms with Crippen molar-refractivity contribution in [2.75, 3.05) is 0 Å². The Labute approximate surface area is 319 Å². The topological polar surface area (TPSA) is 0 Å². The van der Waals surface area contributed by atoms with Gasteiger partial charge in [0.15, 0.2) is 69.8 Å². The minimum atomic E-state index is -2.33. The van der Waals surface area contributed by atoms with Gasteiger partial charge >= 0.3 is 0 Å². The molecule has 0 atom stereocenters. The van der Waals surface area contributed by atoms with Crippen molar-refractivity contribution < 1.29 is 61.5 Å². The molecule has 0 aromatic heterocycles. The maximum Gasteiger partial charge on any atom is 0.200 e. The van der Waals surface area contributed by atoms with Crippen LogP contribution in [0.4, 0.5) is 61.5 Å². The zero-order valence-electron chi connectivity index (χ0n) is 28.4. The van der Waals surface area contributed by atoms with E-state index < -0.39 is 104 Å². The van der Waals surface area contributed by atoms with Crippen LogP contribution < -0.4 is 0 Å². The van der Waals surface area contributed by atoms with E-state index in [1.54, 1.807) is 60.7 Å². The van der Waals surface area contributed by atoms with Crippen molar-refractivity contribution in [3.8, 4) is 47.4 Å². The number of hydrogen-bond donors (Lipinski definition) is 0. The lowest BCUT2D eigenvalue weighted by Gasteiger charge is -2.04. The molecule has 0 spiro atoms. The molecule has 6 rings (SSSR count). The number of hydrogen-bond acceptors (Lipinski definition) is 0. The Morgan fingerprint density at radius 1 is 0.190 bits per heavy atom. The lowest BCUT2D eigenvalue weighted by Crippen LogP contribution is -2.04. The van der Waals surface area contributed by atoms with Gasteiger partial charge in [0.1, 0.15) is 22.3 Å². The van der Waals surface area contributed by atoms with Crippen LogP contribution in [0, 0.1) is 129 Å². The predicted molar refractivity (Wildman–Crippen MR) is 182 cm³/mol. The van der Waals surface area contributed by atoms with Gasteiger partial charge in [0, 0.05) is 22.3 Å². The van der Waals surface area contributed by atoms with Gasteiger partial charge in [0.05, 0.1) is 0 Å². The Balaban J connectivity index is 0.000000226. The first-order chi connectivity index (χ1) is 27.6. The number of halogens is 14. The molecule has 0 nitrogen and oxygen atoms in total. The third-order valence-corrected chi connectivity index (χ3v) is 7.44. The zero-order valence-corrected chi connectivity index (χ0v) is 28.4. The average molecular weight is 809 g/mol. The molecule has 14 heteroatoms. The molecular weight excluding hydrogens is 794 g/mol. The molecule has 288 valence electrons. The Kier molecular flexibility index (Phi) is 13.0. The summed E-state index contributed by atoms with van der Waals surface area (Å²) in [5.74, 6) is -10.8. The molecular formula is C44H14F14. The van der Waals surface area contributed by atoms with Crippen molar-refractivity contribution in [1.82, 2.24) is 0 Å². The van der Waals surface area contributed by atoms with E-state index in [-0.39, 0.29) is 11.1 Å². The molecule has 6 aromatic carbocycles. The van der Waals surface area contributed by atoms with Crippen molar-refractivity contribution in [2.24, 2.45) is 0 Å². The van der Waals surface area contributed by atoms with Crippen LogP contribution in [0.15, 0.2) is 84.9 Å². The van der Waals surface area contributed by atoms with Gasteiger partial charge in [-0.15, -0.1) is 0 Å². The van der Waals surface area contributed by atoms with Crippen molar-refractivity contribution in [2.45, 2.75) is 0 Å². The molecule has 0 amide bonds. The van der Waals surface area contributed by atoms with E-state index in [2.05, 4.69) is 35.5 Å². The first-order valence-corrected chi connectivity index (χ1v) is 15.8. The first-order valence-electron chi connectivity index (χ1n) is 15.8. The lowest BCUT2D eigenvalue weighted by atomic mass is 10.1. The molecule has 0 unspecified atom stereocenters. The van der Waals surface area contributed by atoms with E-state index in [1.807, 2.05) is 11.8 Å². The Hall–Kier alpha value is -7.42. The van der Waals surface area contributed by atoms with Crippen LogP contribution in [0.2, 0.25) is 0 Å². The number of benzene rings is 6. The quantitative estimate of drug-likeness (QED) is 0.0621. The van der Waals surface area contributed by atoms with E-state index in [9.17, 15) is 61.5 Å². The van der Waals surface area contributed by atoms with Crippen LogP contribution >= 0.6 is 0 Å². The fourth-order valence-corrected chi connectivity index (χ4v) is 4.50. The van der Waals surface area contributed by atoms with Gasteiger partial charge in [-0.3, -0.25) is 0 Å². The van der Waals surface area contributed by atoms with E-state index in [0.717, 1.165) is 0 Å². The largest absolute Gasteiger partial charge is 0.202 e. The summed E-state index contributed by atoms with van der Waals surface area (Å²) in [4.78, 5) is 0. The van der Waals surface area contributed by atoms with Gasteiger partial charge in [-0.05, 0) is 48.5 Å². The van der Waals surface area contributed by atoms with Crippen LogP contribution in [0.3, 0.4) is 0 Å². The summed E-state index contributed by atoms with van der Waals surface area (Å²) in [5, 5.41) is 0.